The Morgan fingerprint density at radius 1 is 1.46 bits per heavy atom. The lowest BCUT2D eigenvalue weighted by Crippen LogP contribution is -2.39. The first-order valence-electron chi connectivity index (χ1n) is 8.41. The smallest absolute Gasteiger partial charge is 0.309 e. The summed E-state index contributed by atoms with van der Waals surface area (Å²) in [6.07, 6.45) is 2.09. The van der Waals surface area contributed by atoms with E-state index in [-0.39, 0.29) is 12.0 Å². The summed E-state index contributed by atoms with van der Waals surface area (Å²) in [5.74, 6) is 0.198. The SMILES string of the molecule is CCn1c(=O)c(=C2SCCN2C)s/c1=C\c1scc(C)[n+]1CCC(=O)O. The first-order chi connectivity index (χ1) is 12.4. The molecule has 0 atom stereocenters. The van der Waals surface area contributed by atoms with Crippen molar-refractivity contribution in [3.63, 3.8) is 0 Å². The predicted octanol–water partition coefficient (Wildman–Crippen LogP) is 0.635. The highest BCUT2D eigenvalue weighted by atomic mass is 32.2. The van der Waals surface area contributed by atoms with E-state index in [1.807, 2.05) is 36.9 Å². The molecule has 0 saturated carbocycles. The minimum atomic E-state index is -0.810. The molecule has 6 nitrogen and oxygen atoms in total. The summed E-state index contributed by atoms with van der Waals surface area (Å²) in [5, 5.41) is 13.0. The van der Waals surface area contributed by atoms with Crippen molar-refractivity contribution in [2.75, 3.05) is 19.3 Å². The third kappa shape index (κ3) is 3.74. The van der Waals surface area contributed by atoms with Crippen molar-refractivity contribution in [2.45, 2.75) is 33.4 Å². The van der Waals surface area contributed by atoms with E-state index in [4.69, 9.17) is 5.11 Å². The van der Waals surface area contributed by atoms with Crippen LogP contribution in [0.3, 0.4) is 0 Å². The largest absolute Gasteiger partial charge is 0.481 e. The summed E-state index contributed by atoms with van der Waals surface area (Å²) >= 11 is 4.83. The second-order valence-corrected chi connectivity index (χ2v) is 9.05. The van der Waals surface area contributed by atoms with E-state index in [0.717, 1.165) is 37.2 Å². The highest BCUT2D eigenvalue weighted by molar-refractivity contribution is 8.08. The molecular formula is C17H22N3O3S3+. The quantitative estimate of drug-likeness (QED) is 0.730. The van der Waals surface area contributed by atoms with Gasteiger partial charge in [-0.15, -0.1) is 23.1 Å². The molecule has 0 aromatic carbocycles. The van der Waals surface area contributed by atoms with Gasteiger partial charge in [-0.3, -0.25) is 14.2 Å². The minimum absolute atomic E-state index is 0.0605. The monoisotopic (exact) mass is 412 g/mol. The number of carboxylic acids is 1. The number of aliphatic carboxylic acids is 1. The van der Waals surface area contributed by atoms with E-state index >= 15 is 0 Å². The molecule has 1 saturated heterocycles. The summed E-state index contributed by atoms with van der Waals surface area (Å²) in [7, 11) is 2.02. The Morgan fingerprint density at radius 3 is 2.85 bits per heavy atom. The van der Waals surface area contributed by atoms with Gasteiger partial charge in [-0.25, -0.2) is 0 Å². The van der Waals surface area contributed by atoms with Gasteiger partial charge >= 0.3 is 5.97 Å². The van der Waals surface area contributed by atoms with Gasteiger partial charge in [0.2, 0.25) is 0 Å². The maximum Gasteiger partial charge on any atom is 0.309 e. The Morgan fingerprint density at radius 2 is 2.23 bits per heavy atom. The summed E-state index contributed by atoms with van der Waals surface area (Å²) in [6, 6.07) is 0. The minimum Gasteiger partial charge on any atom is -0.481 e. The lowest BCUT2D eigenvalue weighted by Gasteiger charge is -2.08. The van der Waals surface area contributed by atoms with Crippen LogP contribution in [0.15, 0.2) is 10.2 Å². The van der Waals surface area contributed by atoms with Gasteiger partial charge in [0.1, 0.15) is 15.6 Å². The molecule has 1 fully saturated rings. The third-order valence-corrected chi connectivity index (χ3v) is 7.74. The molecular weight excluding hydrogens is 390 g/mol. The van der Waals surface area contributed by atoms with Crippen molar-refractivity contribution in [3.05, 3.63) is 35.6 Å². The number of nitrogens with zero attached hydrogens (tertiary/aromatic N) is 3. The Balaban J connectivity index is 2.14. The van der Waals surface area contributed by atoms with Gasteiger partial charge in [0, 0.05) is 32.8 Å². The maximum absolute atomic E-state index is 12.9. The third-order valence-electron chi connectivity index (χ3n) is 4.27. The van der Waals surface area contributed by atoms with Crippen molar-refractivity contribution in [1.29, 1.82) is 0 Å². The Hall–Kier alpha value is -1.58. The molecule has 0 unspecified atom stereocenters. The van der Waals surface area contributed by atoms with E-state index < -0.39 is 5.97 Å². The normalized spacial score (nSPS) is 17.3. The molecule has 1 N–H and O–H groups in total. The first-order valence-corrected chi connectivity index (χ1v) is 11.1. The number of hydrogen-bond donors (Lipinski definition) is 1. The van der Waals surface area contributed by atoms with Crippen LogP contribution in [0, 0.1) is 6.92 Å². The summed E-state index contributed by atoms with van der Waals surface area (Å²) < 4.78 is 5.52. The molecule has 3 rings (SSSR count). The average Bonchev–Trinajstić information content (AvgIpc) is 3.24. The lowest BCUT2D eigenvalue weighted by atomic mass is 10.4. The van der Waals surface area contributed by atoms with Crippen molar-refractivity contribution >= 4 is 51.5 Å². The van der Waals surface area contributed by atoms with Gasteiger partial charge in [0.05, 0.1) is 16.5 Å². The molecule has 2 aromatic heterocycles. The van der Waals surface area contributed by atoms with Gasteiger partial charge in [0.15, 0.2) is 12.2 Å². The summed E-state index contributed by atoms with van der Waals surface area (Å²) in [4.78, 5) is 25.9. The molecule has 0 radical (unpaired) electrons. The summed E-state index contributed by atoms with van der Waals surface area (Å²) in [6.45, 7) is 5.96. The zero-order chi connectivity index (χ0) is 18.8. The number of carbonyl (C=O) groups is 1. The number of thioether (sulfide) groups is 1. The van der Waals surface area contributed by atoms with Gasteiger partial charge in [-0.2, -0.15) is 4.57 Å². The van der Waals surface area contributed by atoms with Crippen LogP contribution < -0.4 is 19.3 Å². The van der Waals surface area contributed by atoms with Crippen LogP contribution in [0.1, 0.15) is 24.0 Å². The Labute approximate surface area is 163 Å². The number of hydrogen-bond acceptors (Lipinski definition) is 6. The fourth-order valence-electron chi connectivity index (χ4n) is 2.86. The molecule has 0 bridgehead atoms. The number of aryl methyl sites for hydroxylation is 1. The van der Waals surface area contributed by atoms with Gasteiger partial charge in [0.25, 0.3) is 10.6 Å². The Bertz CT molecular complexity index is 1000. The Kier molecular flexibility index (Phi) is 5.89. The fourth-order valence-corrected chi connectivity index (χ4v) is 6.42. The number of aromatic nitrogens is 2. The molecule has 0 spiro atoms. The van der Waals surface area contributed by atoms with Crippen LogP contribution in [-0.4, -0.2) is 39.9 Å². The standard InChI is InChI=1S/C17H21N3O3S3/c1-4-19-13(26-15(16(19)23)17-18(3)7-8-24-17)9-12-20(6-5-14(21)22)11(2)10-25-12/h9-10H,4-8H2,1-3H3/p+1. The van der Waals surface area contributed by atoms with E-state index in [1.54, 1.807) is 27.7 Å². The van der Waals surface area contributed by atoms with Crippen LogP contribution in [-0.2, 0) is 17.9 Å². The van der Waals surface area contributed by atoms with Crippen LogP contribution in [0.2, 0.25) is 0 Å². The van der Waals surface area contributed by atoms with Gasteiger partial charge < -0.3 is 10.0 Å². The highest BCUT2D eigenvalue weighted by Gasteiger charge is 2.20. The van der Waals surface area contributed by atoms with Gasteiger partial charge in [-0.05, 0) is 6.92 Å². The fraction of sp³-hybridized carbons (Fsp3) is 0.471. The molecule has 26 heavy (non-hydrogen) atoms. The maximum atomic E-state index is 12.9. The van der Waals surface area contributed by atoms with E-state index in [9.17, 15) is 9.59 Å². The first kappa shape index (κ1) is 19.2. The zero-order valence-electron chi connectivity index (χ0n) is 15.0. The average molecular weight is 413 g/mol. The highest BCUT2D eigenvalue weighted by Crippen LogP contribution is 2.25. The van der Waals surface area contributed by atoms with Gasteiger partial charge in [-0.1, -0.05) is 11.3 Å². The molecule has 0 amide bonds. The number of rotatable bonds is 5. The lowest BCUT2D eigenvalue weighted by molar-refractivity contribution is -0.698. The van der Waals surface area contributed by atoms with Crippen molar-refractivity contribution in [3.8, 4) is 0 Å². The number of carboxylic acid groups (broad SMARTS) is 1. The van der Waals surface area contributed by atoms with Crippen LogP contribution in [0.4, 0.5) is 0 Å². The van der Waals surface area contributed by atoms with E-state index in [0.29, 0.717) is 13.1 Å². The second-order valence-electron chi connectivity index (χ2n) is 6.05. The molecule has 140 valence electrons. The van der Waals surface area contributed by atoms with Crippen molar-refractivity contribution in [1.82, 2.24) is 9.47 Å². The molecule has 3 heterocycles. The molecule has 1 aliphatic heterocycles. The molecule has 0 aliphatic carbocycles. The summed E-state index contributed by atoms with van der Waals surface area (Å²) in [5.41, 5.74) is 1.09. The number of thiazole rings is 2. The molecule has 2 aromatic rings. The van der Waals surface area contributed by atoms with Crippen LogP contribution in [0.25, 0.3) is 11.1 Å². The van der Waals surface area contributed by atoms with E-state index in [1.165, 1.54) is 11.3 Å². The second kappa shape index (κ2) is 7.98. The predicted molar refractivity (Wildman–Crippen MR) is 107 cm³/mol. The van der Waals surface area contributed by atoms with Crippen LogP contribution in [0.5, 0.6) is 0 Å². The molecule has 9 heteroatoms. The van der Waals surface area contributed by atoms with Crippen molar-refractivity contribution in [2.24, 2.45) is 0 Å². The van der Waals surface area contributed by atoms with Crippen molar-refractivity contribution < 1.29 is 14.5 Å². The molecule has 1 aliphatic rings. The van der Waals surface area contributed by atoms with E-state index in [2.05, 4.69) is 4.90 Å². The topological polar surface area (TPSA) is 66.4 Å². The zero-order valence-corrected chi connectivity index (χ0v) is 17.5. The van der Waals surface area contributed by atoms with Crippen LogP contribution >= 0.6 is 34.4 Å².